The van der Waals surface area contributed by atoms with Crippen molar-refractivity contribution in [3.05, 3.63) is 53.6 Å². The zero-order valence-electron chi connectivity index (χ0n) is 14.9. The van der Waals surface area contributed by atoms with Crippen LogP contribution in [0.15, 0.2) is 48.5 Å². The lowest BCUT2D eigenvalue weighted by Crippen LogP contribution is -2.31. The van der Waals surface area contributed by atoms with Crippen molar-refractivity contribution in [1.29, 1.82) is 0 Å². The van der Waals surface area contributed by atoms with Crippen molar-refractivity contribution in [2.75, 3.05) is 25.6 Å². The second-order valence-corrected chi connectivity index (χ2v) is 6.64. The van der Waals surface area contributed by atoms with E-state index in [0.717, 1.165) is 5.75 Å². The monoisotopic (exact) mass is 388 g/mol. The number of carbonyl (C=O) groups is 2. The van der Waals surface area contributed by atoms with Crippen molar-refractivity contribution in [3.63, 3.8) is 0 Å². The Kier molecular flexibility index (Phi) is 6.19. The molecule has 0 heterocycles. The van der Waals surface area contributed by atoms with Gasteiger partial charge in [0.05, 0.1) is 36.2 Å². The number of benzene rings is 2. The van der Waals surface area contributed by atoms with Gasteiger partial charge in [0, 0.05) is 0 Å². The second-order valence-electron chi connectivity index (χ2n) is 6.23. The number of rotatable bonds is 8. The van der Waals surface area contributed by atoms with Gasteiger partial charge in [0.25, 0.3) is 0 Å². The normalized spacial score (nSPS) is 17.7. The molecule has 2 unspecified atom stereocenters. The van der Waals surface area contributed by atoms with Gasteiger partial charge < -0.3 is 20.1 Å². The summed E-state index contributed by atoms with van der Waals surface area (Å²) in [7, 11) is 1.60. The summed E-state index contributed by atoms with van der Waals surface area (Å²) >= 11 is 6.03. The van der Waals surface area contributed by atoms with Crippen molar-refractivity contribution in [3.8, 4) is 11.5 Å². The lowest BCUT2D eigenvalue weighted by atomic mass is 10.2. The molecule has 0 bridgehead atoms. The molecule has 6 nitrogen and oxygen atoms in total. The molecule has 7 heteroatoms. The molecular weight excluding hydrogens is 368 g/mol. The Labute approximate surface area is 162 Å². The fourth-order valence-corrected chi connectivity index (χ4v) is 2.89. The molecule has 142 valence electrons. The molecule has 2 aromatic carbocycles. The van der Waals surface area contributed by atoms with Crippen LogP contribution in [-0.4, -0.2) is 32.1 Å². The van der Waals surface area contributed by atoms with Gasteiger partial charge in [-0.1, -0.05) is 23.7 Å². The highest BCUT2D eigenvalue weighted by Gasteiger charge is 2.47. The number of ether oxygens (including phenoxy) is 2. The smallest absolute Gasteiger partial charge is 0.228 e. The van der Waals surface area contributed by atoms with Gasteiger partial charge in [0.2, 0.25) is 11.8 Å². The van der Waals surface area contributed by atoms with Crippen LogP contribution in [0.4, 0.5) is 5.69 Å². The molecular formula is C20H21ClN2O4. The van der Waals surface area contributed by atoms with Gasteiger partial charge in [-0.2, -0.15) is 0 Å². The molecule has 1 aliphatic rings. The third-order valence-corrected chi connectivity index (χ3v) is 4.65. The molecule has 2 N–H and O–H groups in total. The summed E-state index contributed by atoms with van der Waals surface area (Å²) in [6.07, 6.45) is 0.543. The van der Waals surface area contributed by atoms with E-state index in [9.17, 15) is 9.59 Å². The number of anilines is 1. The van der Waals surface area contributed by atoms with Gasteiger partial charge >= 0.3 is 0 Å². The molecule has 2 amide bonds. The van der Waals surface area contributed by atoms with Gasteiger partial charge in [-0.15, -0.1) is 0 Å². The highest BCUT2D eigenvalue weighted by atomic mass is 35.5. The number of para-hydroxylation sites is 1. The first kappa shape index (κ1) is 19.0. The van der Waals surface area contributed by atoms with Gasteiger partial charge in [0.1, 0.15) is 18.1 Å². The fraction of sp³-hybridized carbons (Fsp3) is 0.300. The second kappa shape index (κ2) is 8.77. The number of nitrogens with one attached hydrogen (secondary N) is 2. The van der Waals surface area contributed by atoms with Crippen LogP contribution in [0.2, 0.25) is 5.02 Å². The summed E-state index contributed by atoms with van der Waals surface area (Å²) in [6.45, 7) is 0.724. The maximum absolute atomic E-state index is 12.2. The molecule has 1 aliphatic carbocycles. The Morgan fingerprint density at radius 3 is 2.41 bits per heavy atom. The number of methoxy groups -OCH3 is 1. The van der Waals surface area contributed by atoms with Crippen LogP contribution in [0.5, 0.6) is 11.5 Å². The van der Waals surface area contributed by atoms with E-state index in [1.165, 1.54) is 0 Å². The van der Waals surface area contributed by atoms with E-state index in [1.54, 1.807) is 55.6 Å². The lowest BCUT2D eigenvalue weighted by Gasteiger charge is -2.09. The molecule has 3 rings (SSSR count). The summed E-state index contributed by atoms with van der Waals surface area (Å²) in [5.74, 6) is 0.529. The molecule has 2 atom stereocenters. The van der Waals surface area contributed by atoms with Crippen molar-refractivity contribution >= 4 is 29.1 Å². The zero-order chi connectivity index (χ0) is 19.2. The van der Waals surface area contributed by atoms with Crippen LogP contribution in [0.1, 0.15) is 6.42 Å². The predicted molar refractivity (Wildman–Crippen MR) is 103 cm³/mol. The first-order valence-corrected chi connectivity index (χ1v) is 9.06. The third kappa shape index (κ3) is 5.14. The van der Waals surface area contributed by atoms with Crippen LogP contribution in [-0.2, 0) is 9.59 Å². The summed E-state index contributed by atoms with van der Waals surface area (Å²) in [5, 5.41) is 6.05. The molecule has 1 saturated carbocycles. The molecule has 0 aliphatic heterocycles. The maximum Gasteiger partial charge on any atom is 0.228 e. The van der Waals surface area contributed by atoms with E-state index in [4.69, 9.17) is 21.1 Å². The average Bonchev–Trinajstić information content (AvgIpc) is 3.48. The average molecular weight is 389 g/mol. The number of amides is 2. The quantitative estimate of drug-likeness (QED) is 0.681. The summed E-state index contributed by atoms with van der Waals surface area (Å²) < 4.78 is 10.6. The van der Waals surface area contributed by atoms with Crippen LogP contribution >= 0.6 is 11.6 Å². The van der Waals surface area contributed by atoms with Crippen molar-refractivity contribution in [2.24, 2.45) is 11.8 Å². The Morgan fingerprint density at radius 1 is 1.04 bits per heavy atom. The molecule has 0 spiro atoms. The minimum atomic E-state index is -0.316. The molecule has 2 aromatic rings. The number of halogens is 1. The van der Waals surface area contributed by atoms with Gasteiger partial charge in [-0.25, -0.2) is 0 Å². The van der Waals surface area contributed by atoms with E-state index < -0.39 is 0 Å². The largest absolute Gasteiger partial charge is 0.497 e. The molecule has 1 fully saturated rings. The van der Waals surface area contributed by atoms with Crippen molar-refractivity contribution in [1.82, 2.24) is 5.32 Å². The predicted octanol–water partition coefficient (Wildman–Crippen LogP) is 3.12. The number of carbonyl (C=O) groups excluding carboxylic acids is 2. The summed E-state index contributed by atoms with van der Waals surface area (Å²) in [5.41, 5.74) is 0.558. The maximum atomic E-state index is 12.2. The van der Waals surface area contributed by atoms with Crippen LogP contribution in [0.25, 0.3) is 0 Å². The standard InChI is InChI=1S/C20H21ClN2O4/c1-26-13-6-8-14(9-7-13)27-11-10-22-19(24)15-12-16(15)20(25)23-18-5-3-2-4-17(18)21/h2-9,15-16H,10-12H2,1H3,(H,22,24)(H,23,25). The SMILES string of the molecule is COc1ccc(OCCNC(=O)C2CC2C(=O)Nc2ccccc2Cl)cc1. The summed E-state index contributed by atoms with van der Waals surface area (Å²) in [4.78, 5) is 24.4. The fourth-order valence-electron chi connectivity index (χ4n) is 2.71. The number of hydrogen-bond acceptors (Lipinski definition) is 4. The molecule has 0 saturated heterocycles. The first-order chi connectivity index (χ1) is 13.1. The van der Waals surface area contributed by atoms with Crippen LogP contribution in [0.3, 0.4) is 0 Å². The number of hydrogen-bond donors (Lipinski definition) is 2. The zero-order valence-corrected chi connectivity index (χ0v) is 15.7. The Morgan fingerprint density at radius 2 is 1.70 bits per heavy atom. The summed E-state index contributed by atoms with van der Waals surface area (Å²) in [6, 6.07) is 14.2. The Bertz CT molecular complexity index is 810. The van der Waals surface area contributed by atoms with E-state index in [1.807, 2.05) is 0 Å². The minimum Gasteiger partial charge on any atom is -0.497 e. The highest BCUT2D eigenvalue weighted by molar-refractivity contribution is 6.33. The lowest BCUT2D eigenvalue weighted by molar-refractivity contribution is -0.125. The van der Waals surface area contributed by atoms with E-state index in [-0.39, 0.29) is 23.7 Å². The first-order valence-electron chi connectivity index (χ1n) is 8.68. The van der Waals surface area contributed by atoms with Gasteiger partial charge in [-0.3, -0.25) is 9.59 Å². The van der Waals surface area contributed by atoms with Crippen LogP contribution in [0, 0.1) is 11.8 Å². The molecule has 0 aromatic heterocycles. The van der Waals surface area contributed by atoms with Crippen molar-refractivity contribution < 1.29 is 19.1 Å². The van der Waals surface area contributed by atoms with Gasteiger partial charge in [0.15, 0.2) is 0 Å². The Hall–Kier alpha value is -2.73. The molecule has 0 radical (unpaired) electrons. The Balaban J connectivity index is 1.37. The van der Waals surface area contributed by atoms with E-state index in [0.29, 0.717) is 36.0 Å². The molecule has 27 heavy (non-hydrogen) atoms. The van der Waals surface area contributed by atoms with Crippen LogP contribution < -0.4 is 20.1 Å². The van der Waals surface area contributed by atoms with Crippen molar-refractivity contribution in [2.45, 2.75) is 6.42 Å². The van der Waals surface area contributed by atoms with E-state index in [2.05, 4.69) is 10.6 Å². The van der Waals surface area contributed by atoms with E-state index >= 15 is 0 Å². The highest BCUT2D eigenvalue weighted by Crippen LogP contribution is 2.39. The topological polar surface area (TPSA) is 76.7 Å². The van der Waals surface area contributed by atoms with Gasteiger partial charge in [-0.05, 0) is 42.8 Å². The third-order valence-electron chi connectivity index (χ3n) is 4.33. The minimum absolute atomic E-state index is 0.132.